The zero-order chi connectivity index (χ0) is 24.8. The lowest BCUT2D eigenvalue weighted by Gasteiger charge is -2.43. The monoisotopic (exact) mass is 487 g/mol. The average Bonchev–Trinajstić information content (AvgIpc) is 2.88. The minimum atomic E-state index is -4.37. The Bertz CT molecular complexity index is 951. The molecule has 1 heterocycles. The second-order valence-electron chi connectivity index (χ2n) is 9.88. The lowest BCUT2D eigenvalue weighted by atomic mass is 9.93. The number of rotatable bonds is 7. The summed E-state index contributed by atoms with van der Waals surface area (Å²) in [5.74, 6) is -0.00528. The maximum Gasteiger partial charge on any atom is 0.416 e. The highest BCUT2D eigenvalue weighted by atomic mass is 19.4. The molecule has 2 fully saturated rings. The van der Waals surface area contributed by atoms with Crippen LogP contribution in [0.5, 0.6) is 0 Å². The van der Waals surface area contributed by atoms with Crippen LogP contribution in [0.1, 0.15) is 54.8 Å². The molecule has 0 radical (unpaired) electrons. The number of hydrogen-bond donors (Lipinski definition) is 0. The summed E-state index contributed by atoms with van der Waals surface area (Å²) in [6.07, 6.45) is 2.53. The molecule has 4 nitrogen and oxygen atoms in total. The van der Waals surface area contributed by atoms with Gasteiger partial charge in [0.25, 0.3) is 0 Å². The van der Waals surface area contributed by atoms with Crippen LogP contribution in [-0.2, 0) is 17.4 Å². The molecule has 2 aromatic carbocycles. The van der Waals surface area contributed by atoms with Gasteiger partial charge < -0.3 is 4.90 Å². The van der Waals surface area contributed by atoms with Crippen LogP contribution < -0.4 is 0 Å². The Morgan fingerprint density at radius 2 is 1.66 bits per heavy atom. The van der Waals surface area contributed by atoms with E-state index in [1.165, 1.54) is 44.2 Å². The Labute approximate surface area is 206 Å². The van der Waals surface area contributed by atoms with E-state index in [0.29, 0.717) is 24.6 Å². The van der Waals surface area contributed by atoms with Gasteiger partial charge in [0.2, 0.25) is 5.91 Å². The number of benzene rings is 2. The van der Waals surface area contributed by atoms with Crippen LogP contribution in [0, 0.1) is 0 Å². The van der Waals surface area contributed by atoms with Gasteiger partial charge in [-0.05, 0) is 36.5 Å². The van der Waals surface area contributed by atoms with Gasteiger partial charge in [0.05, 0.1) is 5.56 Å². The highest BCUT2D eigenvalue weighted by Crippen LogP contribution is 2.30. The molecule has 1 unspecified atom stereocenters. The molecule has 4 rings (SSSR count). The summed E-state index contributed by atoms with van der Waals surface area (Å²) in [5.41, 5.74) is 0.897. The second-order valence-corrected chi connectivity index (χ2v) is 9.88. The lowest BCUT2D eigenvalue weighted by Crippen LogP contribution is -2.54. The van der Waals surface area contributed by atoms with Gasteiger partial charge >= 0.3 is 6.18 Å². The van der Waals surface area contributed by atoms with Crippen molar-refractivity contribution < 1.29 is 18.0 Å². The third-order valence-electron chi connectivity index (χ3n) is 7.52. The van der Waals surface area contributed by atoms with Gasteiger partial charge in [-0.1, -0.05) is 67.8 Å². The third-order valence-corrected chi connectivity index (χ3v) is 7.52. The van der Waals surface area contributed by atoms with Crippen LogP contribution in [0.4, 0.5) is 13.2 Å². The molecule has 190 valence electrons. The highest BCUT2D eigenvalue weighted by molar-refractivity contribution is 5.83. The summed E-state index contributed by atoms with van der Waals surface area (Å²) in [7, 11) is 1.75. The molecule has 1 amide bonds. The zero-order valence-electron chi connectivity index (χ0n) is 20.5. The molecule has 0 aromatic heterocycles. The van der Waals surface area contributed by atoms with Gasteiger partial charge in [0, 0.05) is 45.8 Å². The van der Waals surface area contributed by atoms with Crippen molar-refractivity contribution in [1.29, 1.82) is 0 Å². The smallest absolute Gasteiger partial charge is 0.344 e. The summed E-state index contributed by atoms with van der Waals surface area (Å²) in [5, 5.41) is 0. The molecular formula is C28H36F3N3O. The fourth-order valence-electron chi connectivity index (χ4n) is 5.47. The molecule has 1 aliphatic heterocycles. The number of nitrogens with zero attached hydrogens (tertiary/aromatic N) is 3. The van der Waals surface area contributed by atoms with Crippen molar-refractivity contribution in [2.45, 2.75) is 56.8 Å². The normalized spacial score (nSPS) is 19.4. The molecule has 0 N–H and O–H groups in total. The van der Waals surface area contributed by atoms with Crippen LogP contribution >= 0.6 is 0 Å². The summed E-state index contributed by atoms with van der Waals surface area (Å²) < 4.78 is 39.2. The van der Waals surface area contributed by atoms with Gasteiger partial charge in [0.15, 0.2) is 0 Å². The van der Waals surface area contributed by atoms with Crippen molar-refractivity contribution in [1.82, 2.24) is 14.7 Å². The number of carbonyl (C=O) groups is 1. The topological polar surface area (TPSA) is 26.8 Å². The second kappa shape index (κ2) is 11.6. The van der Waals surface area contributed by atoms with Crippen LogP contribution in [0.15, 0.2) is 54.6 Å². The number of piperazine rings is 1. The van der Waals surface area contributed by atoms with E-state index in [1.54, 1.807) is 18.0 Å². The number of amides is 1. The van der Waals surface area contributed by atoms with Crippen molar-refractivity contribution in [3.8, 4) is 0 Å². The lowest BCUT2D eigenvalue weighted by molar-refractivity contribution is -0.138. The molecule has 1 atom stereocenters. The van der Waals surface area contributed by atoms with Crippen LogP contribution in [0.25, 0.3) is 0 Å². The Morgan fingerprint density at radius 1 is 0.971 bits per heavy atom. The molecule has 1 saturated carbocycles. The standard InChI is InChI=1S/C28H36F3N3O/c1-32(16-15-22-9-8-12-24(21-22)28(29,30)31)27(35)26(23-10-4-2-5-11-23)34-19-17-33(18-20-34)25-13-6-3-7-14-25/h2,4-5,8-12,21,25-26H,3,6-7,13-20H2,1H3. The van der Waals surface area contributed by atoms with E-state index in [4.69, 9.17) is 0 Å². The first-order valence-corrected chi connectivity index (χ1v) is 12.8. The fraction of sp³-hybridized carbons (Fsp3) is 0.536. The Balaban J connectivity index is 1.42. The molecule has 1 aliphatic carbocycles. The van der Waals surface area contributed by atoms with E-state index < -0.39 is 11.7 Å². The molecule has 0 spiro atoms. The van der Waals surface area contributed by atoms with Gasteiger partial charge in [-0.15, -0.1) is 0 Å². The molecule has 0 bridgehead atoms. The van der Waals surface area contributed by atoms with Gasteiger partial charge in [-0.2, -0.15) is 13.2 Å². The predicted molar refractivity (Wildman–Crippen MR) is 132 cm³/mol. The number of likely N-dealkylation sites (N-methyl/N-ethyl adjacent to an activating group) is 1. The van der Waals surface area contributed by atoms with E-state index in [0.717, 1.165) is 37.8 Å². The predicted octanol–water partition coefficient (Wildman–Crippen LogP) is 5.40. The molecule has 1 saturated heterocycles. The molecule has 2 aliphatic rings. The first-order chi connectivity index (χ1) is 16.8. The maximum atomic E-state index is 13.7. The number of alkyl halides is 3. The summed E-state index contributed by atoms with van der Waals surface area (Å²) >= 11 is 0. The summed E-state index contributed by atoms with van der Waals surface area (Å²) in [4.78, 5) is 20.2. The molecular weight excluding hydrogens is 451 g/mol. The number of hydrogen-bond acceptors (Lipinski definition) is 3. The average molecular weight is 488 g/mol. The van der Waals surface area contributed by atoms with Gasteiger partial charge in [-0.3, -0.25) is 14.6 Å². The first-order valence-electron chi connectivity index (χ1n) is 12.8. The van der Waals surface area contributed by atoms with Crippen molar-refractivity contribution in [3.05, 3.63) is 71.3 Å². The van der Waals surface area contributed by atoms with Crippen LogP contribution in [0.3, 0.4) is 0 Å². The van der Waals surface area contributed by atoms with Crippen molar-refractivity contribution in [2.24, 2.45) is 0 Å². The Hall–Kier alpha value is -2.38. The maximum absolute atomic E-state index is 13.7. The fourth-order valence-corrected chi connectivity index (χ4v) is 5.47. The van der Waals surface area contributed by atoms with Crippen molar-refractivity contribution >= 4 is 5.91 Å². The van der Waals surface area contributed by atoms with Gasteiger partial charge in [0.1, 0.15) is 6.04 Å². The van der Waals surface area contributed by atoms with Crippen LogP contribution in [0.2, 0.25) is 0 Å². The van der Waals surface area contributed by atoms with Crippen molar-refractivity contribution in [2.75, 3.05) is 39.8 Å². The highest BCUT2D eigenvalue weighted by Gasteiger charge is 2.34. The SMILES string of the molecule is CN(CCc1cccc(C(F)(F)F)c1)C(=O)C(c1ccccc1)N1CCN(C2CCCCC2)CC1. The van der Waals surface area contributed by atoms with E-state index in [-0.39, 0.29) is 11.9 Å². The zero-order valence-corrected chi connectivity index (χ0v) is 20.5. The van der Waals surface area contributed by atoms with E-state index >= 15 is 0 Å². The molecule has 35 heavy (non-hydrogen) atoms. The van der Waals surface area contributed by atoms with E-state index in [1.807, 2.05) is 30.3 Å². The quantitative estimate of drug-likeness (QED) is 0.523. The largest absolute Gasteiger partial charge is 0.416 e. The Kier molecular flexibility index (Phi) is 8.50. The summed E-state index contributed by atoms with van der Waals surface area (Å²) in [6, 6.07) is 15.5. The van der Waals surface area contributed by atoms with E-state index in [9.17, 15) is 18.0 Å². The third kappa shape index (κ3) is 6.64. The van der Waals surface area contributed by atoms with E-state index in [2.05, 4.69) is 9.80 Å². The minimum Gasteiger partial charge on any atom is -0.344 e. The number of carbonyl (C=O) groups excluding carboxylic acids is 1. The molecule has 7 heteroatoms. The van der Waals surface area contributed by atoms with Crippen LogP contribution in [-0.4, -0.2) is 66.4 Å². The minimum absolute atomic E-state index is 0.00528. The number of halogens is 3. The van der Waals surface area contributed by atoms with Crippen molar-refractivity contribution in [3.63, 3.8) is 0 Å². The Morgan fingerprint density at radius 3 is 2.31 bits per heavy atom. The first kappa shape index (κ1) is 25.7. The summed E-state index contributed by atoms with van der Waals surface area (Å²) in [6.45, 7) is 3.97. The van der Waals surface area contributed by atoms with Gasteiger partial charge in [-0.25, -0.2) is 0 Å². The molecule has 2 aromatic rings.